The van der Waals surface area contributed by atoms with Crippen LogP contribution in [0.3, 0.4) is 0 Å². The minimum atomic E-state index is -0.642. The van der Waals surface area contributed by atoms with Crippen LogP contribution in [-0.2, 0) is 4.79 Å². The second-order valence-corrected chi connectivity index (χ2v) is 5.60. The summed E-state index contributed by atoms with van der Waals surface area (Å²) in [5, 5.41) is 13.0. The van der Waals surface area contributed by atoms with E-state index in [2.05, 4.69) is 12.2 Å². The van der Waals surface area contributed by atoms with Gasteiger partial charge in [-0.3, -0.25) is 4.79 Å². The van der Waals surface area contributed by atoms with Gasteiger partial charge in [-0.05, 0) is 38.1 Å². The lowest BCUT2D eigenvalue weighted by Crippen LogP contribution is -2.40. The van der Waals surface area contributed by atoms with E-state index in [9.17, 15) is 9.90 Å². The van der Waals surface area contributed by atoms with Crippen molar-refractivity contribution >= 4 is 5.91 Å². The number of aliphatic hydroxyl groups is 1. The van der Waals surface area contributed by atoms with Crippen LogP contribution in [0.5, 0.6) is 0 Å². The Morgan fingerprint density at radius 3 is 2.61 bits per heavy atom. The van der Waals surface area contributed by atoms with Crippen molar-refractivity contribution in [2.45, 2.75) is 63.9 Å². The van der Waals surface area contributed by atoms with Gasteiger partial charge in [0.1, 0.15) is 0 Å². The molecule has 1 aliphatic carbocycles. The van der Waals surface area contributed by atoms with Crippen LogP contribution in [0.25, 0.3) is 0 Å². The van der Waals surface area contributed by atoms with Crippen LogP contribution in [-0.4, -0.2) is 29.7 Å². The van der Waals surface area contributed by atoms with Gasteiger partial charge in [0.15, 0.2) is 0 Å². The van der Waals surface area contributed by atoms with Gasteiger partial charge in [-0.2, -0.15) is 0 Å². The molecule has 1 saturated carbocycles. The molecule has 0 heterocycles. The lowest BCUT2D eigenvalue weighted by molar-refractivity contribution is -0.122. The van der Waals surface area contributed by atoms with Crippen molar-refractivity contribution in [2.24, 2.45) is 11.7 Å². The third-order valence-corrected chi connectivity index (χ3v) is 4.08. The highest BCUT2D eigenvalue weighted by molar-refractivity contribution is 5.75. The summed E-state index contributed by atoms with van der Waals surface area (Å²) < 4.78 is 0. The number of hydrogen-bond donors (Lipinski definition) is 3. The molecule has 1 amide bonds. The predicted molar refractivity (Wildman–Crippen MR) is 73.1 cm³/mol. The van der Waals surface area contributed by atoms with Gasteiger partial charge in [0, 0.05) is 13.0 Å². The van der Waals surface area contributed by atoms with Gasteiger partial charge in [0.05, 0.1) is 5.60 Å². The smallest absolute Gasteiger partial charge is 0.220 e. The first-order valence-electron chi connectivity index (χ1n) is 7.29. The molecular weight excluding hydrogens is 228 g/mol. The predicted octanol–water partition coefficient (Wildman–Crippen LogP) is 1.56. The summed E-state index contributed by atoms with van der Waals surface area (Å²) in [6.45, 7) is 3.25. The first-order chi connectivity index (χ1) is 8.59. The molecule has 0 aliphatic heterocycles. The fourth-order valence-electron chi connectivity index (χ4n) is 2.68. The second kappa shape index (κ2) is 7.74. The second-order valence-electron chi connectivity index (χ2n) is 5.60. The van der Waals surface area contributed by atoms with E-state index in [1.54, 1.807) is 0 Å². The molecule has 4 heteroatoms. The fourth-order valence-corrected chi connectivity index (χ4v) is 2.68. The molecule has 0 saturated heterocycles. The number of nitrogens with two attached hydrogens (primary N) is 1. The molecule has 0 aromatic carbocycles. The summed E-state index contributed by atoms with van der Waals surface area (Å²) in [7, 11) is 0. The summed E-state index contributed by atoms with van der Waals surface area (Å²) in [6.07, 6.45) is 7.30. The van der Waals surface area contributed by atoms with Crippen LogP contribution in [0.15, 0.2) is 0 Å². The molecule has 0 spiro atoms. The van der Waals surface area contributed by atoms with E-state index in [0.29, 0.717) is 25.4 Å². The zero-order valence-electron chi connectivity index (χ0n) is 11.6. The topological polar surface area (TPSA) is 75.4 Å². The first-order valence-corrected chi connectivity index (χ1v) is 7.29. The minimum Gasteiger partial charge on any atom is -0.388 e. The van der Waals surface area contributed by atoms with Crippen molar-refractivity contribution in [3.05, 3.63) is 0 Å². The lowest BCUT2D eigenvalue weighted by Gasteiger charge is -2.22. The number of amides is 1. The first kappa shape index (κ1) is 15.4. The number of nitrogens with one attached hydrogen (secondary N) is 1. The Balaban J connectivity index is 2.17. The molecule has 4 nitrogen and oxygen atoms in total. The van der Waals surface area contributed by atoms with E-state index in [0.717, 1.165) is 44.9 Å². The van der Waals surface area contributed by atoms with Gasteiger partial charge in [-0.25, -0.2) is 0 Å². The maximum Gasteiger partial charge on any atom is 0.220 e. The fraction of sp³-hybridized carbons (Fsp3) is 0.929. The molecule has 1 fully saturated rings. The summed E-state index contributed by atoms with van der Waals surface area (Å²) >= 11 is 0. The van der Waals surface area contributed by atoms with Gasteiger partial charge < -0.3 is 16.2 Å². The normalized spacial score (nSPS) is 19.7. The average molecular weight is 256 g/mol. The largest absolute Gasteiger partial charge is 0.388 e. The van der Waals surface area contributed by atoms with Crippen LogP contribution in [0.1, 0.15) is 58.3 Å². The number of carbonyl (C=O) groups is 1. The quantitative estimate of drug-likeness (QED) is 0.617. The SMILES string of the molecule is CCC(CCN)CCC(=O)NCC1(O)CCCC1. The molecule has 1 aliphatic rings. The Morgan fingerprint density at radius 1 is 1.39 bits per heavy atom. The van der Waals surface area contributed by atoms with E-state index in [1.165, 1.54) is 0 Å². The monoisotopic (exact) mass is 256 g/mol. The van der Waals surface area contributed by atoms with Crippen LogP contribution in [0, 0.1) is 5.92 Å². The van der Waals surface area contributed by atoms with Gasteiger partial charge in [-0.15, -0.1) is 0 Å². The van der Waals surface area contributed by atoms with Crippen molar-refractivity contribution in [3.63, 3.8) is 0 Å². The molecule has 1 atom stereocenters. The van der Waals surface area contributed by atoms with Crippen molar-refractivity contribution in [3.8, 4) is 0 Å². The van der Waals surface area contributed by atoms with Crippen LogP contribution >= 0.6 is 0 Å². The molecule has 0 aromatic rings. The zero-order valence-corrected chi connectivity index (χ0v) is 11.6. The molecule has 18 heavy (non-hydrogen) atoms. The maximum absolute atomic E-state index is 11.7. The van der Waals surface area contributed by atoms with Crippen LogP contribution < -0.4 is 11.1 Å². The Bertz CT molecular complexity index is 250. The van der Waals surface area contributed by atoms with Crippen molar-refractivity contribution in [1.82, 2.24) is 5.32 Å². The molecule has 1 rings (SSSR count). The molecule has 0 radical (unpaired) electrons. The van der Waals surface area contributed by atoms with E-state index >= 15 is 0 Å². The minimum absolute atomic E-state index is 0.0609. The molecule has 0 aromatic heterocycles. The van der Waals surface area contributed by atoms with E-state index in [-0.39, 0.29) is 5.91 Å². The van der Waals surface area contributed by atoms with Gasteiger partial charge in [0.2, 0.25) is 5.91 Å². The van der Waals surface area contributed by atoms with Crippen molar-refractivity contribution in [2.75, 3.05) is 13.1 Å². The standard InChI is InChI=1S/C14H28N2O2/c1-2-12(7-10-15)5-6-13(17)16-11-14(18)8-3-4-9-14/h12,18H,2-11,15H2,1H3,(H,16,17). The highest BCUT2D eigenvalue weighted by Gasteiger charge is 2.31. The van der Waals surface area contributed by atoms with Gasteiger partial charge in [0.25, 0.3) is 0 Å². The van der Waals surface area contributed by atoms with E-state index in [1.807, 2.05) is 0 Å². The maximum atomic E-state index is 11.7. The third-order valence-electron chi connectivity index (χ3n) is 4.08. The Hall–Kier alpha value is -0.610. The van der Waals surface area contributed by atoms with Gasteiger partial charge in [-0.1, -0.05) is 26.2 Å². The van der Waals surface area contributed by atoms with E-state index in [4.69, 9.17) is 5.73 Å². The van der Waals surface area contributed by atoms with Crippen LogP contribution in [0.2, 0.25) is 0 Å². The Kier molecular flexibility index (Phi) is 6.65. The number of rotatable bonds is 8. The van der Waals surface area contributed by atoms with Crippen molar-refractivity contribution in [1.29, 1.82) is 0 Å². The van der Waals surface area contributed by atoms with Gasteiger partial charge >= 0.3 is 0 Å². The molecule has 106 valence electrons. The molecule has 0 bridgehead atoms. The summed E-state index contributed by atoms with van der Waals surface area (Å²) in [5.74, 6) is 0.612. The number of carbonyl (C=O) groups excluding carboxylic acids is 1. The molecule has 1 unspecified atom stereocenters. The molecular formula is C14H28N2O2. The molecule has 4 N–H and O–H groups in total. The number of hydrogen-bond acceptors (Lipinski definition) is 3. The van der Waals surface area contributed by atoms with E-state index < -0.39 is 5.60 Å². The summed E-state index contributed by atoms with van der Waals surface area (Å²) in [4.78, 5) is 11.7. The third kappa shape index (κ3) is 5.36. The summed E-state index contributed by atoms with van der Waals surface area (Å²) in [5.41, 5.74) is 4.89. The highest BCUT2D eigenvalue weighted by atomic mass is 16.3. The average Bonchev–Trinajstić information content (AvgIpc) is 2.79. The lowest BCUT2D eigenvalue weighted by atomic mass is 9.96. The Labute approximate surface area is 110 Å². The van der Waals surface area contributed by atoms with Crippen LogP contribution in [0.4, 0.5) is 0 Å². The summed E-state index contributed by atoms with van der Waals surface area (Å²) in [6, 6.07) is 0. The highest BCUT2D eigenvalue weighted by Crippen LogP contribution is 2.28. The zero-order chi connectivity index (χ0) is 13.4. The Morgan fingerprint density at radius 2 is 2.06 bits per heavy atom. The van der Waals surface area contributed by atoms with Crippen molar-refractivity contribution < 1.29 is 9.90 Å².